The molecule has 136 valence electrons. The second-order valence-corrected chi connectivity index (χ2v) is 7.92. The molecular weight excluding hydrogens is 338 g/mol. The predicted molar refractivity (Wildman–Crippen MR) is 98.8 cm³/mol. The monoisotopic (exact) mass is 363 g/mol. The summed E-state index contributed by atoms with van der Waals surface area (Å²) in [7, 11) is -3.56. The Morgan fingerprint density at radius 3 is 2.32 bits per heavy atom. The Morgan fingerprint density at radius 2 is 1.72 bits per heavy atom. The smallest absolute Gasteiger partial charge is 0.240 e. The average molecular weight is 363 g/mol. The van der Waals surface area contributed by atoms with E-state index in [0.29, 0.717) is 5.75 Å². The van der Waals surface area contributed by atoms with Gasteiger partial charge in [-0.25, -0.2) is 13.1 Å². The Kier molecular flexibility index (Phi) is 6.45. The van der Waals surface area contributed by atoms with Crippen molar-refractivity contribution in [3.8, 4) is 11.5 Å². The molecule has 0 aliphatic heterocycles. The van der Waals surface area contributed by atoms with Crippen LogP contribution in [0.1, 0.15) is 25.0 Å². The lowest BCUT2D eigenvalue weighted by atomic mass is 10.1. The zero-order valence-corrected chi connectivity index (χ0v) is 15.9. The highest BCUT2D eigenvalue weighted by Crippen LogP contribution is 2.19. The first kappa shape index (κ1) is 19.3. The summed E-state index contributed by atoms with van der Waals surface area (Å²) in [5.41, 5.74) is 2.19. The molecule has 0 aliphatic carbocycles. The van der Waals surface area contributed by atoms with Crippen molar-refractivity contribution in [1.82, 2.24) is 4.72 Å². The Labute approximate surface area is 150 Å². The quantitative estimate of drug-likeness (QED) is 0.730. The van der Waals surface area contributed by atoms with Gasteiger partial charge in [0.1, 0.15) is 18.1 Å². The number of nitrogens with one attached hydrogen (secondary N) is 1. The first-order valence-corrected chi connectivity index (χ1v) is 9.73. The van der Waals surface area contributed by atoms with Gasteiger partial charge in [0.25, 0.3) is 0 Å². The summed E-state index contributed by atoms with van der Waals surface area (Å²) in [6.45, 7) is 8.27. The molecule has 5 nitrogen and oxygen atoms in total. The molecule has 0 radical (unpaired) electrons. The van der Waals surface area contributed by atoms with Gasteiger partial charge in [-0.05, 0) is 63.6 Å². The molecule has 2 rings (SSSR count). The number of rotatable bonds is 8. The van der Waals surface area contributed by atoms with E-state index in [4.69, 9.17) is 9.47 Å². The van der Waals surface area contributed by atoms with Gasteiger partial charge in [0.2, 0.25) is 10.0 Å². The molecule has 0 bridgehead atoms. The van der Waals surface area contributed by atoms with E-state index in [1.807, 2.05) is 45.9 Å². The zero-order valence-electron chi connectivity index (χ0n) is 15.1. The summed E-state index contributed by atoms with van der Waals surface area (Å²) in [4.78, 5) is 0.204. The highest BCUT2D eigenvalue weighted by atomic mass is 32.2. The van der Waals surface area contributed by atoms with Crippen LogP contribution in [0, 0.1) is 13.8 Å². The maximum absolute atomic E-state index is 12.3. The molecular formula is C19H25NO4S. The maximum atomic E-state index is 12.3. The molecule has 0 amide bonds. The average Bonchev–Trinajstić information content (AvgIpc) is 2.53. The molecule has 0 saturated carbocycles. The summed E-state index contributed by atoms with van der Waals surface area (Å²) in [6, 6.07) is 12.3. The van der Waals surface area contributed by atoms with E-state index in [0.717, 1.165) is 16.9 Å². The van der Waals surface area contributed by atoms with Crippen molar-refractivity contribution >= 4 is 10.0 Å². The van der Waals surface area contributed by atoms with Crippen LogP contribution in [0.15, 0.2) is 47.4 Å². The van der Waals surface area contributed by atoms with Gasteiger partial charge in [-0.1, -0.05) is 17.7 Å². The summed E-state index contributed by atoms with van der Waals surface area (Å²) in [5, 5.41) is 0. The molecule has 0 saturated heterocycles. The minimum absolute atomic E-state index is 0.0444. The van der Waals surface area contributed by atoms with E-state index < -0.39 is 10.0 Å². The van der Waals surface area contributed by atoms with Crippen LogP contribution in [-0.2, 0) is 10.0 Å². The van der Waals surface area contributed by atoms with Crippen molar-refractivity contribution < 1.29 is 17.9 Å². The van der Waals surface area contributed by atoms with Gasteiger partial charge in [0.05, 0.1) is 11.0 Å². The Hall–Kier alpha value is -2.05. The molecule has 0 heterocycles. The Balaban J connectivity index is 1.88. The third-order valence-electron chi connectivity index (χ3n) is 3.49. The summed E-state index contributed by atoms with van der Waals surface area (Å²) in [5.74, 6) is 1.41. The van der Waals surface area contributed by atoms with E-state index in [2.05, 4.69) is 4.72 Å². The lowest BCUT2D eigenvalue weighted by Crippen LogP contribution is -2.28. The van der Waals surface area contributed by atoms with Crippen molar-refractivity contribution in [2.45, 2.75) is 38.7 Å². The molecule has 2 aromatic rings. The lowest BCUT2D eigenvalue weighted by Gasteiger charge is -2.12. The van der Waals surface area contributed by atoms with Crippen LogP contribution in [0.2, 0.25) is 0 Å². The van der Waals surface area contributed by atoms with Crippen LogP contribution in [-0.4, -0.2) is 27.7 Å². The Bertz CT molecular complexity index is 799. The van der Waals surface area contributed by atoms with Gasteiger partial charge in [0.15, 0.2) is 0 Å². The van der Waals surface area contributed by atoms with E-state index >= 15 is 0 Å². The van der Waals surface area contributed by atoms with Crippen molar-refractivity contribution in [2.75, 3.05) is 13.2 Å². The van der Waals surface area contributed by atoms with Crippen LogP contribution in [0.3, 0.4) is 0 Å². The summed E-state index contributed by atoms with van der Waals surface area (Å²) < 4.78 is 38.3. The van der Waals surface area contributed by atoms with Crippen LogP contribution >= 0.6 is 0 Å². The molecule has 1 N–H and O–H groups in total. The second-order valence-electron chi connectivity index (χ2n) is 6.15. The van der Waals surface area contributed by atoms with Gasteiger partial charge in [0, 0.05) is 6.54 Å². The van der Waals surface area contributed by atoms with Gasteiger partial charge < -0.3 is 9.47 Å². The summed E-state index contributed by atoms with van der Waals surface area (Å²) >= 11 is 0. The van der Waals surface area contributed by atoms with E-state index in [1.54, 1.807) is 12.1 Å². The SMILES string of the molecule is Cc1ccc(OCCNS(=O)(=O)c2ccc(OC(C)C)cc2)c(C)c1. The molecule has 0 aliphatic rings. The van der Waals surface area contributed by atoms with Gasteiger partial charge in [-0.3, -0.25) is 0 Å². The van der Waals surface area contributed by atoms with Crippen LogP contribution < -0.4 is 14.2 Å². The second kappa shape index (κ2) is 8.36. The lowest BCUT2D eigenvalue weighted by molar-refractivity contribution is 0.242. The zero-order chi connectivity index (χ0) is 18.4. The minimum atomic E-state index is -3.56. The number of ether oxygens (including phenoxy) is 2. The standard InChI is InChI=1S/C19H25NO4S/c1-14(2)24-17-6-8-18(9-7-17)25(21,22)20-11-12-23-19-10-5-15(3)13-16(19)4/h5-10,13-14,20H,11-12H2,1-4H3. The topological polar surface area (TPSA) is 64.6 Å². The molecule has 2 aromatic carbocycles. The fraction of sp³-hybridized carbons (Fsp3) is 0.368. The van der Waals surface area contributed by atoms with Crippen molar-refractivity contribution in [3.05, 3.63) is 53.6 Å². The number of benzene rings is 2. The van der Waals surface area contributed by atoms with E-state index in [9.17, 15) is 8.42 Å². The van der Waals surface area contributed by atoms with Crippen LogP contribution in [0.5, 0.6) is 11.5 Å². The van der Waals surface area contributed by atoms with Crippen molar-refractivity contribution in [1.29, 1.82) is 0 Å². The van der Waals surface area contributed by atoms with E-state index in [-0.39, 0.29) is 24.2 Å². The van der Waals surface area contributed by atoms with Gasteiger partial charge in [-0.2, -0.15) is 0 Å². The third kappa shape index (κ3) is 5.76. The third-order valence-corrected chi connectivity index (χ3v) is 4.96. The van der Waals surface area contributed by atoms with Crippen molar-refractivity contribution in [2.24, 2.45) is 0 Å². The fourth-order valence-electron chi connectivity index (χ4n) is 2.35. The molecule has 0 unspecified atom stereocenters. The molecule has 25 heavy (non-hydrogen) atoms. The number of hydrogen-bond acceptors (Lipinski definition) is 4. The molecule has 6 heteroatoms. The number of hydrogen-bond donors (Lipinski definition) is 1. The number of aryl methyl sites for hydroxylation is 2. The Morgan fingerprint density at radius 1 is 1.04 bits per heavy atom. The first-order chi connectivity index (χ1) is 11.8. The largest absolute Gasteiger partial charge is 0.492 e. The maximum Gasteiger partial charge on any atom is 0.240 e. The van der Waals surface area contributed by atoms with Crippen LogP contribution in [0.4, 0.5) is 0 Å². The van der Waals surface area contributed by atoms with Gasteiger partial charge in [-0.15, -0.1) is 0 Å². The van der Waals surface area contributed by atoms with Crippen LogP contribution in [0.25, 0.3) is 0 Å². The highest BCUT2D eigenvalue weighted by molar-refractivity contribution is 7.89. The highest BCUT2D eigenvalue weighted by Gasteiger charge is 2.13. The van der Waals surface area contributed by atoms with E-state index in [1.165, 1.54) is 12.1 Å². The number of sulfonamides is 1. The summed E-state index contributed by atoms with van der Waals surface area (Å²) in [6.07, 6.45) is 0.0444. The molecule has 0 aromatic heterocycles. The molecule has 0 spiro atoms. The van der Waals surface area contributed by atoms with Crippen molar-refractivity contribution in [3.63, 3.8) is 0 Å². The first-order valence-electron chi connectivity index (χ1n) is 8.24. The molecule has 0 fully saturated rings. The fourth-order valence-corrected chi connectivity index (χ4v) is 3.36. The molecule has 0 atom stereocenters. The van der Waals surface area contributed by atoms with Gasteiger partial charge >= 0.3 is 0 Å². The predicted octanol–water partition coefficient (Wildman–Crippen LogP) is 3.45. The minimum Gasteiger partial charge on any atom is -0.492 e. The normalized spacial score (nSPS) is 11.6.